The van der Waals surface area contributed by atoms with Crippen LogP contribution in [0.15, 0.2) is 53.6 Å². The van der Waals surface area contributed by atoms with Crippen molar-refractivity contribution in [2.45, 2.75) is 26.7 Å². The number of anilines is 1. The maximum Gasteiger partial charge on any atom is 0.119 e. The summed E-state index contributed by atoms with van der Waals surface area (Å²) in [5, 5.41) is 4.25. The van der Waals surface area contributed by atoms with E-state index >= 15 is 0 Å². The van der Waals surface area contributed by atoms with Crippen molar-refractivity contribution in [2.24, 2.45) is 5.10 Å². The van der Waals surface area contributed by atoms with Crippen LogP contribution in [0.4, 0.5) is 5.69 Å². The van der Waals surface area contributed by atoms with Crippen LogP contribution in [0.5, 0.6) is 5.75 Å². The molecule has 3 nitrogen and oxygen atoms in total. The fourth-order valence-corrected chi connectivity index (χ4v) is 1.83. The number of hydrogen-bond acceptors (Lipinski definition) is 3. The summed E-state index contributed by atoms with van der Waals surface area (Å²) in [7, 11) is 0. The van der Waals surface area contributed by atoms with Crippen LogP contribution in [0.1, 0.15) is 30.9 Å². The Balaban J connectivity index is 1.91. The molecule has 2 rings (SSSR count). The molecule has 0 aromatic heterocycles. The van der Waals surface area contributed by atoms with Crippen LogP contribution in [0, 0.1) is 6.92 Å². The highest BCUT2D eigenvalue weighted by Gasteiger charge is 1.95. The third kappa shape index (κ3) is 5.30. The summed E-state index contributed by atoms with van der Waals surface area (Å²) < 4.78 is 5.68. The predicted molar refractivity (Wildman–Crippen MR) is 89.2 cm³/mol. The number of hydrazone groups is 1. The van der Waals surface area contributed by atoms with Gasteiger partial charge in [-0.05, 0) is 43.2 Å². The van der Waals surface area contributed by atoms with Crippen LogP contribution in [0.25, 0.3) is 0 Å². The van der Waals surface area contributed by atoms with Crippen LogP contribution < -0.4 is 10.2 Å². The van der Waals surface area contributed by atoms with E-state index in [1.54, 1.807) is 6.21 Å². The number of benzene rings is 2. The number of aryl methyl sites for hydroxylation is 1. The topological polar surface area (TPSA) is 33.6 Å². The van der Waals surface area contributed by atoms with Gasteiger partial charge in [0.15, 0.2) is 0 Å². The summed E-state index contributed by atoms with van der Waals surface area (Å²) in [4.78, 5) is 0. The van der Waals surface area contributed by atoms with Gasteiger partial charge in [-0.15, -0.1) is 0 Å². The highest BCUT2D eigenvalue weighted by Crippen LogP contribution is 2.13. The molecule has 0 saturated heterocycles. The molecule has 0 aliphatic rings. The molecule has 0 radical (unpaired) electrons. The first kappa shape index (κ1) is 15.1. The second kappa shape index (κ2) is 8.10. The van der Waals surface area contributed by atoms with Crippen LogP contribution in [0.3, 0.4) is 0 Å². The van der Waals surface area contributed by atoms with Crippen molar-refractivity contribution in [3.05, 3.63) is 59.7 Å². The molecule has 0 unspecified atom stereocenters. The standard InChI is InChI=1S/C18H22N2O/c1-3-4-12-21-18-7-5-6-16(13-18)14-19-20-17-10-8-15(2)9-11-17/h5-11,13-14,20H,3-4,12H2,1-2H3/b19-14+. The van der Waals surface area contributed by atoms with E-state index in [2.05, 4.69) is 36.5 Å². The Morgan fingerprint density at radius 1 is 1.14 bits per heavy atom. The monoisotopic (exact) mass is 282 g/mol. The van der Waals surface area contributed by atoms with E-state index in [1.165, 1.54) is 5.56 Å². The molecule has 21 heavy (non-hydrogen) atoms. The molecule has 2 aromatic rings. The number of ether oxygens (including phenoxy) is 1. The molecule has 0 spiro atoms. The van der Waals surface area contributed by atoms with Gasteiger partial charge in [0, 0.05) is 0 Å². The van der Waals surface area contributed by atoms with Crippen molar-refractivity contribution in [1.82, 2.24) is 0 Å². The number of rotatable bonds is 7. The lowest BCUT2D eigenvalue weighted by Gasteiger charge is -2.05. The van der Waals surface area contributed by atoms with Crippen LogP contribution in [-0.2, 0) is 0 Å². The molecular formula is C18H22N2O. The quantitative estimate of drug-likeness (QED) is 0.456. The number of nitrogens with one attached hydrogen (secondary N) is 1. The van der Waals surface area contributed by atoms with Gasteiger partial charge in [0.05, 0.1) is 18.5 Å². The van der Waals surface area contributed by atoms with Gasteiger partial charge >= 0.3 is 0 Å². The van der Waals surface area contributed by atoms with Gasteiger partial charge < -0.3 is 4.74 Å². The highest BCUT2D eigenvalue weighted by atomic mass is 16.5. The Hall–Kier alpha value is -2.29. The molecule has 1 N–H and O–H groups in total. The summed E-state index contributed by atoms with van der Waals surface area (Å²) in [6, 6.07) is 16.1. The predicted octanol–water partition coefficient (Wildman–Crippen LogP) is 4.62. The first-order valence-corrected chi connectivity index (χ1v) is 7.36. The molecule has 0 amide bonds. The average Bonchev–Trinajstić information content (AvgIpc) is 2.50. The van der Waals surface area contributed by atoms with Crippen LogP contribution in [-0.4, -0.2) is 12.8 Å². The zero-order valence-corrected chi connectivity index (χ0v) is 12.7. The van der Waals surface area contributed by atoms with Crippen molar-refractivity contribution in [3.63, 3.8) is 0 Å². The van der Waals surface area contributed by atoms with Gasteiger partial charge in [0.1, 0.15) is 5.75 Å². The van der Waals surface area contributed by atoms with E-state index in [4.69, 9.17) is 4.74 Å². The fourth-order valence-electron chi connectivity index (χ4n) is 1.83. The van der Waals surface area contributed by atoms with Gasteiger partial charge in [-0.2, -0.15) is 5.10 Å². The third-order valence-electron chi connectivity index (χ3n) is 3.08. The van der Waals surface area contributed by atoms with E-state index in [9.17, 15) is 0 Å². The normalized spacial score (nSPS) is 10.8. The van der Waals surface area contributed by atoms with Gasteiger partial charge in [-0.25, -0.2) is 0 Å². The van der Waals surface area contributed by atoms with E-state index in [0.717, 1.165) is 36.4 Å². The van der Waals surface area contributed by atoms with Gasteiger partial charge in [0.2, 0.25) is 0 Å². The number of unbranched alkanes of at least 4 members (excludes halogenated alkanes) is 1. The maximum atomic E-state index is 5.68. The molecule has 0 aliphatic carbocycles. The summed E-state index contributed by atoms with van der Waals surface area (Å²) in [5.41, 5.74) is 6.25. The summed E-state index contributed by atoms with van der Waals surface area (Å²) in [5.74, 6) is 0.891. The molecule has 0 aliphatic heterocycles. The molecular weight excluding hydrogens is 260 g/mol. The molecule has 0 saturated carbocycles. The smallest absolute Gasteiger partial charge is 0.119 e. The third-order valence-corrected chi connectivity index (χ3v) is 3.08. The lowest BCUT2D eigenvalue weighted by molar-refractivity contribution is 0.309. The number of nitrogens with zero attached hydrogens (tertiary/aromatic N) is 1. The summed E-state index contributed by atoms with van der Waals surface area (Å²) >= 11 is 0. The van der Waals surface area contributed by atoms with E-state index < -0.39 is 0 Å². The zero-order chi connectivity index (χ0) is 14.9. The van der Waals surface area contributed by atoms with E-state index in [-0.39, 0.29) is 0 Å². The van der Waals surface area contributed by atoms with Crippen molar-refractivity contribution < 1.29 is 4.74 Å². The number of hydrogen-bond donors (Lipinski definition) is 1. The van der Waals surface area contributed by atoms with Crippen molar-refractivity contribution in [2.75, 3.05) is 12.0 Å². The molecule has 0 fully saturated rings. The Labute approximate surface area is 126 Å². The lowest BCUT2D eigenvalue weighted by Crippen LogP contribution is -1.97. The Morgan fingerprint density at radius 2 is 1.95 bits per heavy atom. The minimum atomic E-state index is 0.763. The lowest BCUT2D eigenvalue weighted by atomic mass is 10.2. The molecule has 3 heteroatoms. The molecule has 0 atom stereocenters. The molecule has 2 aromatic carbocycles. The second-order valence-corrected chi connectivity index (χ2v) is 5.01. The first-order valence-electron chi connectivity index (χ1n) is 7.36. The van der Waals surface area contributed by atoms with Crippen molar-refractivity contribution in [3.8, 4) is 5.75 Å². The summed E-state index contributed by atoms with van der Waals surface area (Å²) in [6.07, 6.45) is 4.02. The van der Waals surface area contributed by atoms with Gasteiger partial charge in [-0.3, -0.25) is 5.43 Å². The van der Waals surface area contributed by atoms with Crippen LogP contribution >= 0.6 is 0 Å². The Bertz CT molecular complexity index is 576. The van der Waals surface area contributed by atoms with E-state index in [1.807, 2.05) is 36.4 Å². The van der Waals surface area contributed by atoms with Crippen molar-refractivity contribution >= 4 is 11.9 Å². The Kier molecular flexibility index (Phi) is 5.83. The fraction of sp³-hybridized carbons (Fsp3) is 0.278. The molecule has 110 valence electrons. The van der Waals surface area contributed by atoms with Gasteiger partial charge in [0.25, 0.3) is 0 Å². The Morgan fingerprint density at radius 3 is 2.71 bits per heavy atom. The minimum Gasteiger partial charge on any atom is -0.494 e. The largest absolute Gasteiger partial charge is 0.494 e. The first-order chi connectivity index (χ1) is 10.3. The molecule has 0 heterocycles. The molecule has 0 bridgehead atoms. The maximum absolute atomic E-state index is 5.68. The summed E-state index contributed by atoms with van der Waals surface area (Å²) in [6.45, 7) is 4.99. The van der Waals surface area contributed by atoms with E-state index in [0.29, 0.717) is 0 Å². The average molecular weight is 282 g/mol. The zero-order valence-electron chi connectivity index (χ0n) is 12.7. The van der Waals surface area contributed by atoms with Gasteiger partial charge in [-0.1, -0.05) is 43.2 Å². The second-order valence-electron chi connectivity index (χ2n) is 5.01. The highest BCUT2D eigenvalue weighted by molar-refractivity contribution is 5.80. The van der Waals surface area contributed by atoms with Crippen molar-refractivity contribution in [1.29, 1.82) is 0 Å². The minimum absolute atomic E-state index is 0.763. The van der Waals surface area contributed by atoms with Crippen LogP contribution in [0.2, 0.25) is 0 Å². The SMILES string of the molecule is CCCCOc1cccc(/C=N/Nc2ccc(C)cc2)c1.